The Bertz CT molecular complexity index is 303. The molecule has 1 heterocycles. The number of carbonyl (C=O) groups is 1. The van der Waals surface area contributed by atoms with Crippen LogP contribution in [0.15, 0.2) is 11.4 Å². The monoisotopic (exact) mass is 166 g/mol. The van der Waals surface area contributed by atoms with Crippen LogP contribution in [-0.4, -0.2) is 11.4 Å². The molecule has 0 aliphatic rings. The van der Waals surface area contributed by atoms with E-state index in [9.17, 15) is 4.79 Å². The van der Waals surface area contributed by atoms with Crippen molar-refractivity contribution in [3.05, 3.63) is 21.9 Å². The van der Waals surface area contributed by atoms with Crippen LogP contribution in [0, 0.1) is 11.8 Å². The third kappa shape index (κ3) is 1.90. The maximum Gasteiger partial charge on any atom is 0.193 e. The molecule has 0 unspecified atom stereocenters. The molecule has 2 nitrogen and oxygen atoms in total. The molecule has 56 valence electrons. The van der Waals surface area contributed by atoms with E-state index in [0.29, 0.717) is 6.29 Å². The number of carbonyl (C=O) groups excluding carboxylic acids is 1. The standard InChI is InChI=1S/C8H6O2S/c9-4-1-2-7-3-5-11-8(7)6-10/h3-5,10H,6H2. The first-order chi connectivity index (χ1) is 5.38. The van der Waals surface area contributed by atoms with Gasteiger partial charge in [-0.1, -0.05) is 5.92 Å². The molecule has 1 rings (SSSR count). The van der Waals surface area contributed by atoms with Crippen molar-refractivity contribution in [3.8, 4) is 11.8 Å². The lowest BCUT2D eigenvalue weighted by atomic mass is 10.3. The van der Waals surface area contributed by atoms with Gasteiger partial charge in [-0.2, -0.15) is 0 Å². The third-order valence-electron chi connectivity index (χ3n) is 1.15. The highest BCUT2D eigenvalue weighted by Gasteiger charge is 1.97. The molecule has 0 aromatic carbocycles. The van der Waals surface area contributed by atoms with E-state index in [0.717, 1.165) is 10.4 Å². The third-order valence-corrected chi connectivity index (χ3v) is 2.06. The Labute approximate surface area is 68.5 Å². The topological polar surface area (TPSA) is 37.3 Å². The average Bonchev–Trinajstić information content (AvgIpc) is 2.47. The maximum absolute atomic E-state index is 9.87. The number of aliphatic hydroxyl groups excluding tert-OH is 1. The first-order valence-corrected chi connectivity index (χ1v) is 3.89. The van der Waals surface area contributed by atoms with Crippen molar-refractivity contribution in [2.45, 2.75) is 6.61 Å². The molecule has 3 heteroatoms. The fourth-order valence-corrected chi connectivity index (χ4v) is 1.37. The molecule has 1 aromatic rings. The van der Waals surface area contributed by atoms with Gasteiger partial charge in [0.1, 0.15) is 0 Å². The first kappa shape index (κ1) is 7.99. The van der Waals surface area contributed by atoms with E-state index in [4.69, 9.17) is 5.11 Å². The van der Waals surface area contributed by atoms with Gasteiger partial charge in [0, 0.05) is 10.4 Å². The Balaban J connectivity index is 2.92. The van der Waals surface area contributed by atoms with Crippen LogP contribution in [0.3, 0.4) is 0 Å². The molecule has 0 atom stereocenters. The SMILES string of the molecule is O=CC#Cc1ccsc1CO. The summed E-state index contributed by atoms with van der Waals surface area (Å²) in [7, 11) is 0. The highest BCUT2D eigenvalue weighted by Crippen LogP contribution is 2.14. The van der Waals surface area contributed by atoms with Crippen LogP contribution in [0.2, 0.25) is 0 Å². The normalized spacial score (nSPS) is 8.45. The predicted molar refractivity (Wildman–Crippen MR) is 43.2 cm³/mol. The molecule has 0 spiro atoms. The average molecular weight is 166 g/mol. The number of aliphatic hydroxyl groups is 1. The Morgan fingerprint density at radius 2 is 2.55 bits per heavy atom. The summed E-state index contributed by atoms with van der Waals surface area (Å²) in [5.74, 6) is 4.92. The molecular weight excluding hydrogens is 160 g/mol. The summed E-state index contributed by atoms with van der Waals surface area (Å²) in [6, 6.07) is 1.78. The fourth-order valence-electron chi connectivity index (χ4n) is 0.682. The van der Waals surface area contributed by atoms with E-state index in [-0.39, 0.29) is 6.61 Å². The van der Waals surface area contributed by atoms with Crippen LogP contribution in [0.25, 0.3) is 0 Å². The number of hydrogen-bond acceptors (Lipinski definition) is 3. The quantitative estimate of drug-likeness (QED) is 0.494. The molecule has 0 fully saturated rings. The van der Waals surface area contributed by atoms with E-state index >= 15 is 0 Å². The summed E-state index contributed by atoms with van der Waals surface area (Å²) in [4.78, 5) is 10.7. The van der Waals surface area contributed by atoms with E-state index in [1.807, 2.05) is 5.38 Å². The number of rotatable bonds is 1. The van der Waals surface area contributed by atoms with E-state index in [2.05, 4.69) is 11.8 Å². The summed E-state index contributed by atoms with van der Waals surface area (Å²) in [5.41, 5.74) is 0.740. The van der Waals surface area contributed by atoms with Gasteiger partial charge in [-0.25, -0.2) is 0 Å². The molecule has 0 saturated carbocycles. The number of hydrogen-bond donors (Lipinski definition) is 1. The van der Waals surface area contributed by atoms with Crippen LogP contribution in [0.1, 0.15) is 10.4 Å². The van der Waals surface area contributed by atoms with Crippen molar-refractivity contribution in [1.29, 1.82) is 0 Å². The van der Waals surface area contributed by atoms with Crippen LogP contribution in [0.5, 0.6) is 0 Å². The zero-order chi connectivity index (χ0) is 8.10. The lowest BCUT2D eigenvalue weighted by Gasteiger charge is -1.87. The second kappa shape index (κ2) is 3.91. The van der Waals surface area contributed by atoms with Gasteiger partial charge in [-0.05, 0) is 17.4 Å². The Hall–Kier alpha value is -1.11. The van der Waals surface area contributed by atoms with Crippen LogP contribution in [-0.2, 0) is 11.4 Å². The molecular formula is C8H6O2S. The minimum atomic E-state index is -0.0134. The molecule has 0 aliphatic carbocycles. The zero-order valence-corrected chi connectivity index (χ0v) is 6.52. The van der Waals surface area contributed by atoms with Gasteiger partial charge in [-0.15, -0.1) is 11.3 Å². The van der Waals surface area contributed by atoms with Crippen LogP contribution >= 0.6 is 11.3 Å². The zero-order valence-electron chi connectivity index (χ0n) is 5.70. The van der Waals surface area contributed by atoms with Crippen molar-refractivity contribution < 1.29 is 9.90 Å². The maximum atomic E-state index is 9.87. The molecule has 0 radical (unpaired) electrons. The molecule has 11 heavy (non-hydrogen) atoms. The smallest absolute Gasteiger partial charge is 0.193 e. The van der Waals surface area contributed by atoms with Crippen LogP contribution in [0.4, 0.5) is 0 Å². The number of thiophene rings is 1. The predicted octanol–water partition coefficient (Wildman–Crippen LogP) is 0.791. The first-order valence-electron chi connectivity index (χ1n) is 3.01. The second-order valence-electron chi connectivity index (χ2n) is 1.80. The van der Waals surface area contributed by atoms with E-state index in [1.165, 1.54) is 11.3 Å². The lowest BCUT2D eigenvalue weighted by Crippen LogP contribution is -1.80. The summed E-state index contributed by atoms with van der Waals surface area (Å²) in [6.45, 7) is -0.0134. The van der Waals surface area contributed by atoms with Gasteiger partial charge in [-0.3, -0.25) is 4.79 Å². The van der Waals surface area contributed by atoms with E-state index < -0.39 is 0 Å². The van der Waals surface area contributed by atoms with Gasteiger partial charge in [0.25, 0.3) is 0 Å². The van der Waals surface area contributed by atoms with Crippen molar-refractivity contribution in [1.82, 2.24) is 0 Å². The van der Waals surface area contributed by atoms with Crippen molar-refractivity contribution in [2.75, 3.05) is 0 Å². The molecule has 1 aromatic heterocycles. The minimum absolute atomic E-state index is 0.0134. The molecule has 0 bridgehead atoms. The summed E-state index contributed by atoms with van der Waals surface area (Å²) >= 11 is 1.43. The molecule has 0 amide bonds. The second-order valence-corrected chi connectivity index (χ2v) is 2.80. The Morgan fingerprint density at radius 3 is 3.18 bits per heavy atom. The summed E-state index contributed by atoms with van der Waals surface area (Å²) < 4.78 is 0. The Morgan fingerprint density at radius 1 is 1.73 bits per heavy atom. The Kier molecular flexibility index (Phi) is 2.84. The molecule has 0 aliphatic heterocycles. The van der Waals surface area contributed by atoms with Gasteiger partial charge < -0.3 is 5.11 Å². The molecule has 1 N–H and O–H groups in total. The number of aldehydes is 1. The fraction of sp³-hybridized carbons (Fsp3) is 0.125. The lowest BCUT2D eigenvalue weighted by molar-refractivity contribution is -0.103. The van der Waals surface area contributed by atoms with Crippen molar-refractivity contribution >= 4 is 17.6 Å². The van der Waals surface area contributed by atoms with Gasteiger partial charge in [0.05, 0.1) is 6.61 Å². The summed E-state index contributed by atoms with van der Waals surface area (Å²) in [5, 5.41) is 10.6. The van der Waals surface area contributed by atoms with Gasteiger partial charge in [0.15, 0.2) is 6.29 Å². The highest BCUT2D eigenvalue weighted by molar-refractivity contribution is 7.10. The van der Waals surface area contributed by atoms with Crippen LogP contribution < -0.4 is 0 Å². The van der Waals surface area contributed by atoms with Crippen molar-refractivity contribution in [3.63, 3.8) is 0 Å². The van der Waals surface area contributed by atoms with Crippen molar-refractivity contribution in [2.24, 2.45) is 0 Å². The highest BCUT2D eigenvalue weighted by atomic mass is 32.1. The largest absolute Gasteiger partial charge is 0.391 e. The van der Waals surface area contributed by atoms with E-state index in [1.54, 1.807) is 6.07 Å². The van der Waals surface area contributed by atoms with Gasteiger partial charge in [0.2, 0.25) is 0 Å². The van der Waals surface area contributed by atoms with Gasteiger partial charge >= 0.3 is 0 Å². The summed E-state index contributed by atoms with van der Waals surface area (Å²) in [6.07, 6.45) is 0.540. The molecule has 0 saturated heterocycles. The minimum Gasteiger partial charge on any atom is -0.391 e.